The molecule has 0 saturated heterocycles. The molecule has 3 rings (SSSR count). The molecule has 0 fully saturated rings. The highest BCUT2D eigenvalue weighted by atomic mass is 35.5. The number of benzene rings is 2. The molecule has 0 heterocycles. The molecule has 0 aromatic heterocycles. The number of rotatable bonds is 5. The number of fused-ring (bicyclic) bond motifs is 1. The van der Waals surface area contributed by atoms with Crippen LogP contribution in [-0.2, 0) is 21.2 Å². The van der Waals surface area contributed by atoms with Crippen molar-refractivity contribution in [3.63, 3.8) is 0 Å². The lowest BCUT2D eigenvalue weighted by Crippen LogP contribution is -2.37. The second-order valence-electron chi connectivity index (χ2n) is 6.32. The van der Waals surface area contributed by atoms with Crippen LogP contribution in [0, 0.1) is 0 Å². The lowest BCUT2D eigenvalue weighted by molar-refractivity contribution is -0.121. The topological polar surface area (TPSA) is 78.8 Å². The van der Waals surface area contributed by atoms with Crippen molar-refractivity contribution >= 4 is 33.2 Å². The number of hydrogen-bond donors (Lipinski definition) is 1. The van der Waals surface area contributed by atoms with Crippen LogP contribution in [0.2, 0.25) is 5.02 Å². The van der Waals surface area contributed by atoms with Gasteiger partial charge in [-0.15, -0.1) is 0 Å². The Morgan fingerprint density at radius 2 is 1.85 bits per heavy atom. The first kappa shape index (κ1) is 19.5. The van der Waals surface area contributed by atoms with E-state index in [4.69, 9.17) is 11.6 Å². The number of hydrogen-bond acceptors (Lipinski definition) is 4. The van der Waals surface area contributed by atoms with Crippen LogP contribution in [0.25, 0.3) is 0 Å². The molecule has 0 spiro atoms. The number of nitrogens with one attached hydrogen (secondary N) is 1. The molecule has 142 valence electrons. The molecule has 0 aliphatic heterocycles. The van der Waals surface area contributed by atoms with Gasteiger partial charge >= 0.3 is 0 Å². The van der Waals surface area contributed by atoms with Gasteiger partial charge in [-0.3, -0.25) is 4.79 Å². The summed E-state index contributed by atoms with van der Waals surface area (Å²) in [5.41, 5.74) is 5.53. The molecule has 1 amide bonds. The molecule has 2 aromatic rings. The normalized spacial score (nSPS) is 15.6. The van der Waals surface area contributed by atoms with Gasteiger partial charge < -0.3 is 0 Å². The van der Waals surface area contributed by atoms with E-state index in [1.807, 2.05) is 18.2 Å². The zero-order valence-electron chi connectivity index (χ0n) is 14.9. The second kappa shape index (κ2) is 8.21. The lowest BCUT2D eigenvalue weighted by atomic mass is 9.90. The summed E-state index contributed by atoms with van der Waals surface area (Å²) >= 11 is 5.79. The van der Waals surface area contributed by atoms with Crippen molar-refractivity contribution < 1.29 is 13.2 Å². The summed E-state index contributed by atoms with van der Waals surface area (Å²) in [7, 11) is -2.42. The highest BCUT2D eigenvalue weighted by molar-refractivity contribution is 7.89. The monoisotopic (exact) mass is 405 g/mol. The number of hydrazone groups is 1. The Bertz CT molecular complexity index is 972. The Kier molecular flexibility index (Phi) is 5.94. The van der Waals surface area contributed by atoms with Gasteiger partial charge in [0, 0.05) is 17.6 Å². The molecule has 0 saturated carbocycles. The Balaban J connectivity index is 1.67. The number of nitrogens with zero attached hydrogens (tertiary/aromatic N) is 2. The molecule has 8 heteroatoms. The van der Waals surface area contributed by atoms with Crippen LogP contribution in [0.3, 0.4) is 0 Å². The zero-order valence-corrected chi connectivity index (χ0v) is 16.4. The van der Waals surface area contributed by atoms with Gasteiger partial charge in [0.25, 0.3) is 5.91 Å². The van der Waals surface area contributed by atoms with Gasteiger partial charge in [-0.25, -0.2) is 13.8 Å². The first-order valence-corrected chi connectivity index (χ1v) is 10.4. The van der Waals surface area contributed by atoms with E-state index in [0.717, 1.165) is 34.8 Å². The summed E-state index contributed by atoms with van der Waals surface area (Å²) in [4.78, 5) is 12.3. The standard InChI is InChI=1S/C19H20ClN3O3S/c1-23(27(25,26)16-11-9-15(20)10-12-16)13-19(24)22-21-18-8-4-6-14-5-2-3-7-17(14)18/h2-3,5,7,9-12H,4,6,8,13H2,1H3,(H,22,24)/b21-18-. The van der Waals surface area contributed by atoms with Crippen molar-refractivity contribution in [3.05, 3.63) is 64.7 Å². The van der Waals surface area contributed by atoms with Crippen LogP contribution in [0.5, 0.6) is 0 Å². The van der Waals surface area contributed by atoms with Gasteiger partial charge in [0.15, 0.2) is 0 Å². The molecule has 0 atom stereocenters. The van der Waals surface area contributed by atoms with Crippen LogP contribution in [0.15, 0.2) is 58.5 Å². The fraction of sp³-hybridized carbons (Fsp3) is 0.263. The van der Waals surface area contributed by atoms with Crippen LogP contribution in [0.1, 0.15) is 24.0 Å². The van der Waals surface area contributed by atoms with Gasteiger partial charge in [0.05, 0.1) is 17.2 Å². The fourth-order valence-corrected chi connectivity index (χ4v) is 4.21. The fourth-order valence-electron chi connectivity index (χ4n) is 2.96. The first-order valence-electron chi connectivity index (χ1n) is 8.53. The first-order chi connectivity index (χ1) is 12.9. The van der Waals surface area contributed by atoms with E-state index >= 15 is 0 Å². The third kappa shape index (κ3) is 4.55. The Labute approximate surface area is 163 Å². The molecule has 0 unspecified atom stereocenters. The maximum absolute atomic E-state index is 12.5. The van der Waals surface area contributed by atoms with Gasteiger partial charge in [0.1, 0.15) is 0 Å². The molecular formula is C19H20ClN3O3S. The van der Waals surface area contributed by atoms with E-state index in [0.29, 0.717) is 5.02 Å². The van der Waals surface area contributed by atoms with Gasteiger partial charge in [-0.2, -0.15) is 9.41 Å². The Morgan fingerprint density at radius 1 is 1.15 bits per heavy atom. The molecule has 27 heavy (non-hydrogen) atoms. The molecule has 6 nitrogen and oxygen atoms in total. The molecule has 1 N–H and O–H groups in total. The smallest absolute Gasteiger partial charge is 0.255 e. The van der Waals surface area contributed by atoms with E-state index < -0.39 is 15.9 Å². The quantitative estimate of drug-likeness (QED) is 0.777. The minimum atomic E-state index is -3.78. The minimum Gasteiger partial charge on any atom is -0.272 e. The number of amides is 1. The summed E-state index contributed by atoms with van der Waals surface area (Å²) in [5, 5.41) is 4.66. The second-order valence-corrected chi connectivity index (χ2v) is 8.80. The molecule has 0 bridgehead atoms. The predicted molar refractivity (Wildman–Crippen MR) is 105 cm³/mol. The summed E-state index contributed by atoms with van der Waals surface area (Å²) in [5.74, 6) is -0.495. The number of sulfonamides is 1. The summed E-state index contributed by atoms with van der Waals surface area (Å²) in [6, 6.07) is 13.8. The number of carbonyl (C=O) groups is 1. The summed E-state index contributed by atoms with van der Waals surface area (Å²) < 4.78 is 26.0. The van der Waals surface area contributed by atoms with E-state index in [1.165, 1.54) is 36.9 Å². The lowest BCUT2D eigenvalue weighted by Gasteiger charge is -2.18. The Hall–Kier alpha value is -2.22. The van der Waals surface area contributed by atoms with Crippen molar-refractivity contribution in [2.45, 2.75) is 24.2 Å². The SMILES string of the molecule is CN(CC(=O)N/N=C1/CCCc2ccccc21)S(=O)(=O)c1ccc(Cl)cc1. The zero-order chi connectivity index (χ0) is 19.4. The molecule has 2 aromatic carbocycles. The van der Waals surface area contributed by atoms with Crippen LogP contribution in [0.4, 0.5) is 0 Å². The largest absolute Gasteiger partial charge is 0.272 e. The van der Waals surface area contributed by atoms with Crippen LogP contribution in [-0.4, -0.2) is 37.9 Å². The van der Waals surface area contributed by atoms with Crippen molar-refractivity contribution in [2.75, 3.05) is 13.6 Å². The van der Waals surface area contributed by atoms with Crippen LogP contribution < -0.4 is 5.43 Å². The minimum absolute atomic E-state index is 0.0784. The number of likely N-dealkylation sites (N-methyl/N-ethyl adjacent to an activating group) is 1. The maximum Gasteiger partial charge on any atom is 0.255 e. The van der Waals surface area contributed by atoms with Crippen molar-refractivity contribution in [3.8, 4) is 0 Å². The third-order valence-corrected chi connectivity index (χ3v) is 6.46. The van der Waals surface area contributed by atoms with Gasteiger partial charge in [-0.05, 0) is 49.1 Å². The van der Waals surface area contributed by atoms with E-state index in [-0.39, 0.29) is 11.4 Å². The van der Waals surface area contributed by atoms with Crippen molar-refractivity contribution in [1.29, 1.82) is 0 Å². The van der Waals surface area contributed by atoms with Crippen LogP contribution >= 0.6 is 11.6 Å². The average molecular weight is 406 g/mol. The summed E-state index contributed by atoms with van der Waals surface area (Å²) in [6.07, 6.45) is 2.73. The summed E-state index contributed by atoms with van der Waals surface area (Å²) in [6.45, 7) is -0.330. The number of aryl methyl sites for hydroxylation is 1. The van der Waals surface area contributed by atoms with E-state index in [1.54, 1.807) is 0 Å². The maximum atomic E-state index is 12.5. The molecule has 1 aliphatic carbocycles. The highest BCUT2D eigenvalue weighted by Gasteiger charge is 2.23. The third-order valence-electron chi connectivity index (χ3n) is 4.39. The van der Waals surface area contributed by atoms with Gasteiger partial charge in [-0.1, -0.05) is 35.9 Å². The average Bonchev–Trinajstić information content (AvgIpc) is 2.66. The van der Waals surface area contributed by atoms with E-state index in [9.17, 15) is 13.2 Å². The molecule has 1 aliphatic rings. The molecule has 0 radical (unpaired) electrons. The Morgan fingerprint density at radius 3 is 2.59 bits per heavy atom. The predicted octanol–water partition coefficient (Wildman–Crippen LogP) is 2.82. The highest BCUT2D eigenvalue weighted by Crippen LogP contribution is 2.21. The number of carbonyl (C=O) groups excluding carboxylic acids is 1. The van der Waals surface area contributed by atoms with Crippen molar-refractivity contribution in [1.82, 2.24) is 9.73 Å². The van der Waals surface area contributed by atoms with Crippen molar-refractivity contribution in [2.24, 2.45) is 5.10 Å². The van der Waals surface area contributed by atoms with Gasteiger partial charge in [0.2, 0.25) is 10.0 Å². The van der Waals surface area contributed by atoms with E-state index in [2.05, 4.69) is 16.6 Å². The number of halogens is 1. The molecular weight excluding hydrogens is 386 g/mol.